The predicted octanol–water partition coefficient (Wildman–Crippen LogP) is 1.06. The van der Waals surface area contributed by atoms with Crippen molar-refractivity contribution in [3.8, 4) is 0 Å². The molecule has 0 amide bonds. The second-order valence-electron chi connectivity index (χ2n) is 2.74. The highest BCUT2D eigenvalue weighted by molar-refractivity contribution is 6.28. The van der Waals surface area contributed by atoms with E-state index in [-0.39, 0.29) is 4.68 Å². The number of nitrogens with zero attached hydrogens (tertiary/aromatic N) is 6. The summed E-state index contributed by atoms with van der Waals surface area (Å²) in [5.41, 5.74) is 0. The first-order valence-electron chi connectivity index (χ1n) is 3.98. The first-order chi connectivity index (χ1) is 7.89. The minimum Gasteiger partial charge on any atom is -0.243 e. The summed E-state index contributed by atoms with van der Waals surface area (Å²) in [4.78, 5) is 17.9. The maximum absolute atomic E-state index is 12.5. The Kier molecular flexibility index (Phi) is 2.58. The molecule has 0 aromatic carbocycles. The summed E-state index contributed by atoms with van der Waals surface area (Å²) in [7, 11) is 0. The highest BCUT2D eigenvalue weighted by Gasteiger charge is 2.40. The van der Waals surface area contributed by atoms with Gasteiger partial charge in [-0.05, 0) is 11.6 Å². The maximum atomic E-state index is 12.5. The fourth-order valence-corrected chi connectivity index (χ4v) is 1.16. The molecule has 2 rings (SSSR count). The van der Waals surface area contributed by atoms with Crippen LogP contribution in [0, 0.1) is 0 Å². The summed E-state index contributed by atoms with van der Waals surface area (Å²) in [5.74, 6) is -1.52. The van der Waals surface area contributed by atoms with E-state index < -0.39 is 23.3 Å². The Morgan fingerprint density at radius 1 is 1.41 bits per heavy atom. The Hall–Kier alpha value is -1.97. The van der Waals surface area contributed by atoms with Crippen molar-refractivity contribution in [3.63, 3.8) is 0 Å². The summed E-state index contributed by atoms with van der Waals surface area (Å²) in [6.45, 7) is 0. The first kappa shape index (κ1) is 11.5. The van der Waals surface area contributed by atoms with E-state index >= 15 is 0 Å². The summed E-state index contributed by atoms with van der Waals surface area (Å²) in [5, 5.41) is 5.84. The molecule has 0 saturated heterocycles. The molecule has 2 aromatic rings. The third kappa shape index (κ3) is 2.11. The molecule has 0 aliphatic carbocycles. The van der Waals surface area contributed by atoms with Gasteiger partial charge in [0.15, 0.2) is 0 Å². The molecule has 0 aliphatic rings. The van der Waals surface area contributed by atoms with E-state index in [1.165, 1.54) is 0 Å². The highest BCUT2D eigenvalue weighted by Crippen LogP contribution is 2.28. The maximum Gasteiger partial charge on any atom is 0.451 e. The van der Waals surface area contributed by atoms with Crippen LogP contribution in [0.4, 0.5) is 18.0 Å². The topological polar surface area (TPSA) is 78.5 Å². The molecule has 2 aromatic heterocycles. The second kappa shape index (κ2) is 3.80. The summed E-state index contributed by atoms with van der Waals surface area (Å²) in [6.07, 6.45) is -2.93. The minimum atomic E-state index is -4.85. The Morgan fingerprint density at radius 2 is 2.12 bits per heavy atom. The largest absolute Gasteiger partial charge is 0.451 e. The quantitative estimate of drug-likeness (QED) is 0.712. The number of halogens is 4. The standard InChI is InChI=1S/C6H2ClF3N6O/c7-4-13-3(6(8,9)10)16(14-4)5(17)15-2-11-1-12-15/h1-2H. The molecular formula is C6H2ClF3N6O. The van der Waals surface area contributed by atoms with Gasteiger partial charge in [0.25, 0.3) is 0 Å². The molecule has 0 bridgehead atoms. The fourth-order valence-electron chi connectivity index (χ4n) is 1.01. The number of hydrogen-bond acceptors (Lipinski definition) is 5. The second-order valence-corrected chi connectivity index (χ2v) is 3.07. The van der Waals surface area contributed by atoms with Crippen LogP contribution in [0.15, 0.2) is 12.7 Å². The van der Waals surface area contributed by atoms with Crippen LogP contribution in [-0.4, -0.2) is 35.6 Å². The molecule has 11 heteroatoms. The molecule has 0 unspecified atom stereocenters. The predicted molar refractivity (Wildman–Crippen MR) is 46.2 cm³/mol. The van der Waals surface area contributed by atoms with Crippen LogP contribution in [0.3, 0.4) is 0 Å². The van der Waals surface area contributed by atoms with Gasteiger partial charge in [-0.3, -0.25) is 0 Å². The van der Waals surface area contributed by atoms with Crippen LogP contribution >= 0.6 is 11.6 Å². The van der Waals surface area contributed by atoms with Gasteiger partial charge >= 0.3 is 12.2 Å². The zero-order valence-corrected chi connectivity index (χ0v) is 8.51. The molecule has 0 fully saturated rings. The van der Waals surface area contributed by atoms with Crippen LogP contribution in [0.5, 0.6) is 0 Å². The molecule has 17 heavy (non-hydrogen) atoms. The van der Waals surface area contributed by atoms with E-state index in [2.05, 4.69) is 20.2 Å². The molecular weight excluding hydrogens is 265 g/mol. The molecule has 0 saturated carbocycles. The Labute approximate surface area is 95.8 Å². The molecule has 0 radical (unpaired) electrons. The average molecular weight is 267 g/mol. The van der Waals surface area contributed by atoms with Crippen LogP contribution < -0.4 is 0 Å². The summed E-state index contributed by atoms with van der Waals surface area (Å²) < 4.78 is 38.0. The zero-order valence-electron chi connectivity index (χ0n) is 7.76. The zero-order chi connectivity index (χ0) is 12.6. The molecule has 7 nitrogen and oxygen atoms in total. The van der Waals surface area contributed by atoms with Crippen molar-refractivity contribution >= 4 is 17.6 Å². The van der Waals surface area contributed by atoms with Gasteiger partial charge in [-0.15, -0.1) is 5.10 Å². The van der Waals surface area contributed by atoms with Gasteiger partial charge in [0, 0.05) is 0 Å². The monoisotopic (exact) mass is 266 g/mol. The van der Waals surface area contributed by atoms with Crippen molar-refractivity contribution in [2.45, 2.75) is 6.18 Å². The number of carbonyl (C=O) groups excluding carboxylic acids is 1. The number of hydrogen-bond donors (Lipinski definition) is 0. The SMILES string of the molecule is O=C(n1cncn1)n1nc(Cl)nc1C(F)(F)F. The molecule has 0 atom stereocenters. The van der Waals surface area contributed by atoms with Gasteiger partial charge in [-0.2, -0.15) is 32.6 Å². The van der Waals surface area contributed by atoms with Crippen LogP contribution in [-0.2, 0) is 6.18 Å². The fraction of sp³-hybridized carbons (Fsp3) is 0.167. The number of rotatable bonds is 0. The lowest BCUT2D eigenvalue weighted by atomic mass is 10.6. The number of carbonyl (C=O) groups is 1. The van der Waals surface area contributed by atoms with Crippen LogP contribution in [0.2, 0.25) is 5.28 Å². The Bertz CT molecular complexity index is 547. The molecule has 90 valence electrons. The van der Waals surface area contributed by atoms with Crippen molar-refractivity contribution in [2.75, 3.05) is 0 Å². The van der Waals surface area contributed by atoms with E-state index in [4.69, 9.17) is 11.6 Å². The minimum absolute atomic E-state index is 0.0109. The van der Waals surface area contributed by atoms with Gasteiger partial charge in [-0.25, -0.2) is 9.78 Å². The van der Waals surface area contributed by atoms with Crippen molar-refractivity contribution in [1.29, 1.82) is 0 Å². The van der Waals surface area contributed by atoms with Gasteiger partial charge in [0.2, 0.25) is 11.1 Å². The van der Waals surface area contributed by atoms with Crippen molar-refractivity contribution in [3.05, 3.63) is 23.8 Å². The lowest BCUT2D eigenvalue weighted by molar-refractivity contribution is -0.146. The van der Waals surface area contributed by atoms with Gasteiger partial charge in [-0.1, -0.05) is 0 Å². The van der Waals surface area contributed by atoms with Gasteiger partial charge in [0.1, 0.15) is 12.7 Å². The van der Waals surface area contributed by atoms with Crippen LogP contribution in [0.25, 0.3) is 0 Å². The third-order valence-corrected chi connectivity index (χ3v) is 1.79. The van der Waals surface area contributed by atoms with E-state index in [0.717, 1.165) is 12.7 Å². The summed E-state index contributed by atoms with van der Waals surface area (Å²) >= 11 is 5.24. The molecule has 0 N–H and O–H groups in total. The number of aromatic nitrogens is 6. The van der Waals surface area contributed by atoms with Gasteiger partial charge in [0.05, 0.1) is 0 Å². The van der Waals surface area contributed by atoms with E-state index in [1.807, 2.05) is 0 Å². The van der Waals surface area contributed by atoms with Crippen molar-refractivity contribution < 1.29 is 18.0 Å². The van der Waals surface area contributed by atoms with E-state index in [9.17, 15) is 18.0 Å². The highest BCUT2D eigenvalue weighted by atomic mass is 35.5. The Morgan fingerprint density at radius 3 is 2.65 bits per heavy atom. The first-order valence-corrected chi connectivity index (χ1v) is 4.36. The number of alkyl halides is 3. The lowest BCUT2D eigenvalue weighted by Gasteiger charge is -2.05. The van der Waals surface area contributed by atoms with Crippen molar-refractivity contribution in [2.24, 2.45) is 0 Å². The molecule has 0 aliphatic heterocycles. The molecule has 2 heterocycles. The van der Waals surface area contributed by atoms with Crippen molar-refractivity contribution in [1.82, 2.24) is 29.5 Å². The summed E-state index contributed by atoms with van der Waals surface area (Å²) in [6, 6.07) is -1.19. The van der Waals surface area contributed by atoms with Crippen LogP contribution in [0.1, 0.15) is 5.82 Å². The third-order valence-electron chi connectivity index (χ3n) is 1.63. The lowest BCUT2D eigenvalue weighted by Crippen LogP contribution is -2.26. The molecule has 0 spiro atoms. The average Bonchev–Trinajstić information content (AvgIpc) is 2.83. The van der Waals surface area contributed by atoms with Gasteiger partial charge < -0.3 is 0 Å². The van der Waals surface area contributed by atoms with E-state index in [0.29, 0.717) is 4.68 Å². The normalized spacial score (nSPS) is 11.8. The van der Waals surface area contributed by atoms with E-state index in [1.54, 1.807) is 0 Å². The Balaban J connectivity index is 2.49. The smallest absolute Gasteiger partial charge is 0.243 e.